The first-order valence-corrected chi connectivity index (χ1v) is 11.9. The maximum atomic E-state index is 5.95. The fraction of sp³-hybridized carbons (Fsp3) is 0.708. The second-order valence-corrected chi connectivity index (χ2v) is 8.13. The number of likely N-dealkylation sites (N-methyl/N-ethyl adjacent to an activating group) is 1. The van der Waals surface area contributed by atoms with E-state index in [2.05, 4.69) is 59.5 Å². The second kappa shape index (κ2) is 17.4. The Bertz CT molecular complexity index is 659. The van der Waals surface area contributed by atoms with Gasteiger partial charge in [-0.15, -0.1) is 24.0 Å². The van der Waals surface area contributed by atoms with Gasteiger partial charge in [0.05, 0.1) is 13.2 Å². The number of halogens is 1. The molecule has 1 aromatic carbocycles. The van der Waals surface area contributed by atoms with E-state index < -0.39 is 0 Å². The average Bonchev–Trinajstić information content (AvgIpc) is 2.97. The molecular weight excluding hydrogens is 517 g/mol. The Balaban J connectivity index is 0.00000512. The highest BCUT2D eigenvalue weighted by molar-refractivity contribution is 14.0. The number of aliphatic imine (C=N–C) groups is 1. The van der Waals surface area contributed by atoms with E-state index in [1.54, 1.807) is 0 Å². The van der Waals surface area contributed by atoms with Gasteiger partial charge in [-0.2, -0.15) is 0 Å². The highest BCUT2D eigenvalue weighted by Gasteiger charge is 2.11. The molecule has 0 atom stereocenters. The molecule has 0 saturated carbocycles. The highest BCUT2D eigenvalue weighted by Crippen LogP contribution is 2.21. The third-order valence-electron chi connectivity index (χ3n) is 5.42. The maximum absolute atomic E-state index is 5.95. The minimum Gasteiger partial charge on any atom is -0.491 e. The number of rotatable bonds is 12. The van der Waals surface area contributed by atoms with E-state index in [0.717, 1.165) is 43.3 Å². The van der Waals surface area contributed by atoms with Gasteiger partial charge in [0.1, 0.15) is 12.4 Å². The summed E-state index contributed by atoms with van der Waals surface area (Å²) in [4.78, 5) is 9.79. The quantitative estimate of drug-likeness (QED) is 0.177. The molecular formula is C24H44IN5O2. The smallest absolute Gasteiger partial charge is 0.191 e. The molecule has 8 heteroatoms. The van der Waals surface area contributed by atoms with Crippen LogP contribution in [0.2, 0.25) is 0 Å². The van der Waals surface area contributed by atoms with Crippen molar-refractivity contribution in [1.29, 1.82) is 0 Å². The van der Waals surface area contributed by atoms with Crippen molar-refractivity contribution in [2.75, 3.05) is 72.7 Å². The molecule has 1 aliphatic rings. The standard InChI is InChI=1S/C24H43N5O2.HI/c1-5-25-24(26-11-7-13-29-14-8-12-28(4)15-16-29)27-20-22-10-9-21(3)19-23(22)31-18-17-30-6-2;/h9-10,19H,5-8,11-18,20H2,1-4H3,(H2,25,26,27);1H. The summed E-state index contributed by atoms with van der Waals surface area (Å²) >= 11 is 0. The summed E-state index contributed by atoms with van der Waals surface area (Å²) in [5.74, 6) is 1.75. The molecule has 1 heterocycles. The Morgan fingerprint density at radius 3 is 2.72 bits per heavy atom. The summed E-state index contributed by atoms with van der Waals surface area (Å²) in [6, 6.07) is 6.30. The fourth-order valence-electron chi connectivity index (χ4n) is 3.62. The monoisotopic (exact) mass is 561 g/mol. The molecule has 7 nitrogen and oxygen atoms in total. The SMILES string of the molecule is CCNC(=NCc1ccc(C)cc1OCCOCC)NCCCN1CCCN(C)CC1.I. The van der Waals surface area contributed by atoms with Crippen LogP contribution in [0.5, 0.6) is 5.75 Å². The Hall–Kier alpha value is -1.10. The molecule has 0 amide bonds. The lowest BCUT2D eigenvalue weighted by Gasteiger charge is -2.20. The van der Waals surface area contributed by atoms with Crippen molar-refractivity contribution in [1.82, 2.24) is 20.4 Å². The van der Waals surface area contributed by atoms with Gasteiger partial charge in [0.15, 0.2) is 5.96 Å². The van der Waals surface area contributed by atoms with Gasteiger partial charge in [0.2, 0.25) is 0 Å². The van der Waals surface area contributed by atoms with Crippen molar-refractivity contribution in [2.45, 2.75) is 40.2 Å². The van der Waals surface area contributed by atoms with Crippen LogP contribution in [-0.4, -0.2) is 88.4 Å². The molecule has 2 N–H and O–H groups in total. The predicted octanol–water partition coefficient (Wildman–Crippen LogP) is 3.11. The summed E-state index contributed by atoms with van der Waals surface area (Å²) in [7, 11) is 2.22. The van der Waals surface area contributed by atoms with Crippen molar-refractivity contribution in [2.24, 2.45) is 4.99 Å². The molecule has 0 aliphatic carbocycles. The molecule has 0 unspecified atom stereocenters. The molecule has 32 heavy (non-hydrogen) atoms. The highest BCUT2D eigenvalue weighted by atomic mass is 127. The minimum atomic E-state index is 0. The van der Waals surface area contributed by atoms with E-state index in [9.17, 15) is 0 Å². The topological polar surface area (TPSA) is 61.4 Å². The predicted molar refractivity (Wildman–Crippen MR) is 145 cm³/mol. The zero-order valence-electron chi connectivity index (χ0n) is 20.5. The zero-order chi connectivity index (χ0) is 22.3. The molecule has 0 aromatic heterocycles. The van der Waals surface area contributed by atoms with Gasteiger partial charge in [-0.05, 0) is 71.9 Å². The third-order valence-corrected chi connectivity index (χ3v) is 5.42. The van der Waals surface area contributed by atoms with Crippen LogP contribution in [0.1, 0.15) is 37.8 Å². The lowest BCUT2D eigenvalue weighted by molar-refractivity contribution is 0.110. The van der Waals surface area contributed by atoms with Crippen molar-refractivity contribution in [3.8, 4) is 5.75 Å². The zero-order valence-corrected chi connectivity index (χ0v) is 22.8. The van der Waals surface area contributed by atoms with Crippen LogP contribution in [0.4, 0.5) is 0 Å². The molecule has 0 spiro atoms. The number of nitrogens with one attached hydrogen (secondary N) is 2. The average molecular weight is 562 g/mol. The van der Waals surface area contributed by atoms with Crippen LogP contribution in [0.25, 0.3) is 0 Å². The number of hydrogen-bond donors (Lipinski definition) is 2. The van der Waals surface area contributed by atoms with Gasteiger partial charge in [-0.3, -0.25) is 0 Å². The summed E-state index contributed by atoms with van der Waals surface area (Å²) in [6.45, 7) is 16.3. The van der Waals surface area contributed by atoms with Gasteiger partial charge >= 0.3 is 0 Å². The van der Waals surface area contributed by atoms with Crippen molar-refractivity contribution in [3.63, 3.8) is 0 Å². The Morgan fingerprint density at radius 1 is 1.09 bits per heavy atom. The first-order valence-electron chi connectivity index (χ1n) is 11.9. The first kappa shape index (κ1) is 28.9. The summed E-state index contributed by atoms with van der Waals surface area (Å²) in [5, 5.41) is 6.84. The Morgan fingerprint density at radius 2 is 1.94 bits per heavy atom. The van der Waals surface area contributed by atoms with Crippen LogP contribution < -0.4 is 15.4 Å². The van der Waals surface area contributed by atoms with Crippen molar-refractivity contribution in [3.05, 3.63) is 29.3 Å². The van der Waals surface area contributed by atoms with E-state index in [4.69, 9.17) is 14.5 Å². The molecule has 0 bridgehead atoms. The minimum absolute atomic E-state index is 0. The van der Waals surface area contributed by atoms with Crippen LogP contribution in [0.3, 0.4) is 0 Å². The van der Waals surface area contributed by atoms with Gasteiger partial charge in [0, 0.05) is 38.3 Å². The lowest BCUT2D eigenvalue weighted by atomic mass is 10.1. The van der Waals surface area contributed by atoms with E-state index in [-0.39, 0.29) is 24.0 Å². The molecule has 1 fully saturated rings. The number of benzene rings is 1. The van der Waals surface area contributed by atoms with Crippen LogP contribution >= 0.6 is 24.0 Å². The number of hydrogen-bond acceptors (Lipinski definition) is 5. The molecule has 1 aromatic rings. The van der Waals surface area contributed by atoms with Crippen molar-refractivity contribution < 1.29 is 9.47 Å². The van der Waals surface area contributed by atoms with E-state index >= 15 is 0 Å². The van der Waals surface area contributed by atoms with Crippen LogP contribution in [0, 0.1) is 6.92 Å². The summed E-state index contributed by atoms with van der Waals surface area (Å²) < 4.78 is 11.3. The number of nitrogens with zero attached hydrogens (tertiary/aromatic N) is 3. The normalized spacial score (nSPS) is 15.7. The Labute approximate surface area is 212 Å². The van der Waals surface area contributed by atoms with E-state index in [0.29, 0.717) is 26.4 Å². The summed E-state index contributed by atoms with van der Waals surface area (Å²) in [6.07, 6.45) is 2.38. The van der Waals surface area contributed by atoms with Gasteiger partial charge in [0.25, 0.3) is 0 Å². The fourth-order valence-corrected chi connectivity index (χ4v) is 3.62. The van der Waals surface area contributed by atoms with Crippen LogP contribution in [-0.2, 0) is 11.3 Å². The number of aryl methyl sites for hydroxylation is 1. The molecule has 1 aliphatic heterocycles. The number of ether oxygens (including phenoxy) is 2. The molecule has 184 valence electrons. The molecule has 0 radical (unpaired) electrons. The van der Waals surface area contributed by atoms with Crippen molar-refractivity contribution >= 4 is 29.9 Å². The van der Waals surface area contributed by atoms with Gasteiger partial charge in [-0.1, -0.05) is 12.1 Å². The summed E-state index contributed by atoms with van der Waals surface area (Å²) in [5.41, 5.74) is 2.27. The van der Waals surface area contributed by atoms with Gasteiger partial charge < -0.3 is 29.9 Å². The first-order chi connectivity index (χ1) is 15.1. The maximum Gasteiger partial charge on any atom is 0.191 e. The van der Waals surface area contributed by atoms with E-state index in [1.165, 1.54) is 38.2 Å². The van der Waals surface area contributed by atoms with E-state index in [1.807, 2.05) is 6.92 Å². The lowest BCUT2D eigenvalue weighted by Crippen LogP contribution is -2.39. The largest absolute Gasteiger partial charge is 0.491 e. The Kier molecular flexibility index (Phi) is 15.7. The second-order valence-electron chi connectivity index (χ2n) is 8.13. The van der Waals surface area contributed by atoms with Crippen LogP contribution in [0.15, 0.2) is 23.2 Å². The van der Waals surface area contributed by atoms with Gasteiger partial charge in [-0.25, -0.2) is 4.99 Å². The third kappa shape index (κ3) is 11.7. The number of guanidine groups is 1. The molecule has 1 saturated heterocycles. The molecule has 2 rings (SSSR count).